The molecular formula is C24H33ClN6O3. The molecule has 0 unspecified atom stereocenters. The molecule has 3 heterocycles. The van der Waals surface area contributed by atoms with Gasteiger partial charge in [-0.1, -0.05) is 11.6 Å². The van der Waals surface area contributed by atoms with Crippen LogP contribution in [0.15, 0.2) is 47.4 Å². The third-order valence-electron chi connectivity index (χ3n) is 6.90. The van der Waals surface area contributed by atoms with Gasteiger partial charge in [0.2, 0.25) is 5.91 Å². The standard InChI is InChI=1S/C24H33ClN6O3/c1-18-16-23(26-17-22(18)31(33)34)27-20-6-10-30(11-7-20)24(32)8-9-28-12-14-29(15-13-28)21-4-2-19(25)3-5-21/h2-5,16,20,26-27H,6-15,17H2,1H3. The highest BCUT2D eigenvalue weighted by atomic mass is 35.5. The summed E-state index contributed by atoms with van der Waals surface area (Å²) in [5.41, 5.74) is 2.07. The van der Waals surface area contributed by atoms with Gasteiger partial charge < -0.3 is 20.4 Å². The number of halogens is 1. The summed E-state index contributed by atoms with van der Waals surface area (Å²) in [5, 5.41) is 18.3. The zero-order chi connectivity index (χ0) is 24.1. The summed E-state index contributed by atoms with van der Waals surface area (Å²) in [6, 6.07) is 8.22. The van der Waals surface area contributed by atoms with E-state index in [0.29, 0.717) is 12.0 Å². The molecule has 2 fully saturated rings. The monoisotopic (exact) mass is 488 g/mol. The number of carbonyl (C=O) groups is 1. The van der Waals surface area contributed by atoms with Crippen molar-refractivity contribution >= 4 is 23.2 Å². The first-order chi connectivity index (χ1) is 16.4. The van der Waals surface area contributed by atoms with Crippen molar-refractivity contribution in [3.63, 3.8) is 0 Å². The average Bonchev–Trinajstić information content (AvgIpc) is 2.84. The fourth-order valence-electron chi connectivity index (χ4n) is 4.76. The molecule has 1 amide bonds. The summed E-state index contributed by atoms with van der Waals surface area (Å²) in [7, 11) is 0. The fourth-order valence-corrected chi connectivity index (χ4v) is 4.88. The molecule has 2 saturated heterocycles. The van der Waals surface area contributed by atoms with Crippen LogP contribution >= 0.6 is 11.6 Å². The first-order valence-corrected chi connectivity index (χ1v) is 12.3. The number of hydrogen-bond donors (Lipinski definition) is 2. The maximum atomic E-state index is 12.8. The molecule has 184 valence electrons. The fraction of sp³-hybridized carbons (Fsp3) is 0.542. The quantitative estimate of drug-likeness (QED) is 0.449. The molecule has 2 N–H and O–H groups in total. The van der Waals surface area contributed by atoms with Gasteiger partial charge in [0.25, 0.3) is 5.70 Å². The van der Waals surface area contributed by atoms with Crippen LogP contribution in [0.25, 0.3) is 0 Å². The molecule has 10 heteroatoms. The minimum Gasteiger partial charge on any atom is -0.369 e. The van der Waals surface area contributed by atoms with Crippen LogP contribution < -0.4 is 15.5 Å². The minimum absolute atomic E-state index is 0.206. The molecule has 0 saturated carbocycles. The van der Waals surface area contributed by atoms with Crippen LogP contribution in [-0.4, -0.2) is 79.0 Å². The normalized spacial score (nSPS) is 20.1. The lowest BCUT2D eigenvalue weighted by Gasteiger charge is -2.37. The third-order valence-corrected chi connectivity index (χ3v) is 7.15. The number of benzene rings is 1. The Kier molecular flexibility index (Phi) is 7.95. The Balaban J connectivity index is 1.15. The summed E-state index contributed by atoms with van der Waals surface area (Å²) in [6.45, 7) is 8.08. The Labute approximate surface area is 205 Å². The van der Waals surface area contributed by atoms with Crippen molar-refractivity contribution in [1.82, 2.24) is 20.4 Å². The number of nitrogens with one attached hydrogen (secondary N) is 2. The van der Waals surface area contributed by atoms with Crippen molar-refractivity contribution in [1.29, 1.82) is 0 Å². The van der Waals surface area contributed by atoms with Crippen LogP contribution in [0.1, 0.15) is 26.2 Å². The molecular weight excluding hydrogens is 456 g/mol. The molecule has 1 aromatic carbocycles. The second kappa shape index (κ2) is 11.1. The predicted octanol–water partition coefficient (Wildman–Crippen LogP) is 2.43. The first kappa shape index (κ1) is 24.3. The van der Waals surface area contributed by atoms with Gasteiger partial charge in [-0.25, -0.2) is 0 Å². The molecule has 3 aliphatic rings. The number of piperidine rings is 1. The Morgan fingerprint density at radius 1 is 1.15 bits per heavy atom. The highest BCUT2D eigenvalue weighted by Gasteiger charge is 2.26. The van der Waals surface area contributed by atoms with Crippen molar-refractivity contribution in [3.8, 4) is 0 Å². The van der Waals surface area contributed by atoms with Gasteiger partial charge >= 0.3 is 0 Å². The zero-order valence-electron chi connectivity index (χ0n) is 19.6. The van der Waals surface area contributed by atoms with E-state index in [0.717, 1.165) is 69.5 Å². The molecule has 0 radical (unpaired) electrons. The number of dihydropyridines is 1. The zero-order valence-corrected chi connectivity index (χ0v) is 20.4. The van der Waals surface area contributed by atoms with Gasteiger partial charge in [0.1, 0.15) is 6.54 Å². The summed E-state index contributed by atoms with van der Waals surface area (Å²) >= 11 is 5.99. The Bertz CT molecular complexity index is 948. The van der Waals surface area contributed by atoms with Gasteiger partial charge in [0.15, 0.2) is 0 Å². The van der Waals surface area contributed by atoms with Gasteiger partial charge in [-0.2, -0.15) is 0 Å². The number of nitro groups is 1. The lowest BCUT2D eigenvalue weighted by molar-refractivity contribution is -0.427. The number of carbonyl (C=O) groups excluding carboxylic acids is 1. The number of piperazine rings is 1. The molecule has 0 spiro atoms. The van der Waals surface area contributed by atoms with Gasteiger partial charge in [-0.3, -0.25) is 19.8 Å². The van der Waals surface area contributed by atoms with Crippen molar-refractivity contribution in [2.45, 2.75) is 32.2 Å². The minimum atomic E-state index is -0.334. The number of nitrogens with zero attached hydrogens (tertiary/aromatic N) is 4. The lowest BCUT2D eigenvalue weighted by Crippen LogP contribution is -2.49. The van der Waals surface area contributed by atoms with Crippen LogP contribution in [0.5, 0.6) is 0 Å². The van der Waals surface area contributed by atoms with E-state index in [-0.39, 0.29) is 29.1 Å². The molecule has 9 nitrogen and oxygen atoms in total. The molecule has 0 aromatic heterocycles. The van der Waals surface area contributed by atoms with Crippen LogP contribution in [0.4, 0.5) is 5.69 Å². The molecule has 1 aromatic rings. The van der Waals surface area contributed by atoms with Crippen molar-refractivity contribution in [3.05, 3.63) is 62.6 Å². The van der Waals surface area contributed by atoms with Crippen molar-refractivity contribution in [2.24, 2.45) is 0 Å². The Morgan fingerprint density at radius 3 is 2.44 bits per heavy atom. The lowest BCUT2D eigenvalue weighted by atomic mass is 10.0. The molecule has 3 aliphatic heterocycles. The maximum absolute atomic E-state index is 12.8. The average molecular weight is 489 g/mol. The van der Waals surface area contributed by atoms with E-state index in [4.69, 9.17) is 11.6 Å². The highest BCUT2D eigenvalue weighted by molar-refractivity contribution is 6.30. The summed E-state index contributed by atoms with van der Waals surface area (Å²) < 4.78 is 0. The number of hydrogen-bond acceptors (Lipinski definition) is 7. The van der Waals surface area contributed by atoms with Crippen LogP contribution in [0.3, 0.4) is 0 Å². The molecule has 0 atom stereocenters. The highest BCUT2D eigenvalue weighted by Crippen LogP contribution is 2.20. The molecule has 0 aliphatic carbocycles. The third kappa shape index (κ3) is 6.21. The van der Waals surface area contributed by atoms with E-state index in [1.165, 1.54) is 5.69 Å². The molecule has 4 rings (SSSR count). The van der Waals surface area contributed by atoms with Gasteiger partial charge in [0, 0.05) is 74.6 Å². The largest absolute Gasteiger partial charge is 0.369 e. The molecule has 0 bridgehead atoms. The van der Waals surface area contributed by atoms with Crippen LogP contribution in [0.2, 0.25) is 5.02 Å². The predicted molar refractivity (Wildman–Crippen MR) is 133 cm³/mol. The summed E-state index contributed by atoms with van der Waals surface area (Å²) in [6.07, 6.45) is 4.09. The number of amides is 1. The molecule has 34 heavy (non-hydrogen) atoms. The van der Waals surface area contributed by atoms with E-state index < -0.39 is 0 Å². The SMILES string of the molecule is CC1=C([N+](=O)[O-])CNC(NC2CCN(C(=O)CCN3CCN(c4ccc(Cl)cc4)CC3)CC2)=C1. The van der Waals surface area contributed by atoms with Gasteiger partial charge in [-0.05, 0) is 50.1 Å². The number of anilines is 1. The number of rotatable bonds is 7. The second-order valence-corrected chi connectivity index (χ2v) is 9.59. The smallest absolute Gasteiger partial charge is 0.268 e. The van der Waals surface area contributed by atoms with E-state index in [9.17, 15) is 14.9 Å². The van der Waals surface area contributed by atoms with Gasteiger partial charge in [0.05, 0.1) is 10.7 Å². The summed E-state index contributed by atoms with van der Waals surface area (Å²) in [4.78, 5) is 30.1. The van der Waals surface area contributed by atoms with Crippen molar-refractivity contribution in [2.75, 3.05) is 57.3 Å². The van der Waals surface area contributed by atoms with Gasteiger partial charge in [-0.15, -0.1) is 0 Å². The van der Waals surface area contributed by atoms with E-state index in [2.05, 4.69) is 32.6 Å². The topological polar surface area (TPSA) is 94.0 Å². The van der Waals surface area contributed by atoms with E-state index in [1.54, 1.807) is 13.0 Å². The maximum Gasteiger partial charge on any atom is 0.268 e. The second-order valence-electron chi connectivity index (χ2n) is 9.15. The summed E-state index contributed by atoms with van der Waals surface area (Å²) in [5.74, 6) is 1.05. The Morgan fingerprint density at radius 2 is 1.82 bits per heavy atom. The van der Waals surface area contributed by atoms with E-state index >= 15 is 0 Å². The number of likely N-dealkylation sites (tertiary alicyclic amines) is 1. The van der Waals surface area contributed by atoms with E-state index in [1.807, 2.05) is 17.0 Å². The van der Waals surface area contributed by atoms with Crippen LogP contribution in [-0.2, 0) is 4.79 Å². The van der Waals surface area contributed by atoms with Crippen molar-refractivity contribution < 1.29 is 9.72 Å². The number of allylic oxidation sites excluding steroid dienone is 2. The Hall–Kier alpha value is -2.78. The van der Waals surface area contributed by atoms with Crippen LogP contribution in [0, 0.1) is 10.1 Å². The first-order valence-electron chi connectivity index (χ1n) is 12.0.